The van der Waals surface area contributed by atoms with Gasteiger partial charge in [-0.2, -0.15) is 0 Å². The topological polar surface area (TPSA) is 57.5 Å². The predicted octanol–water partition coefficient (Wildman–Crippen LogP) is 2.60. The number of nitrogens with one attached hydrogen (secondary N) is 1. The van der Waals surface area contributed by atoms with Gasteiger partial charge in [0.1, 0.15) is 6.04 Å². The zero-order valence-corrected chi connectivity index (χ0v) is 14.8. The van der Waals surface area contributed by atoms with Crippen molar-refractivity contribution in [2.45, 2.75) is 52.4 Å². The van der Waals surface area contributed by atoms with Crippen molar-refractivity contribution in [1.82, 2.24) is 14.8 Å². The van der Waals surface area contributed by atoms with Gasteiger partial charge in [0, 0.05) is 43.2 Å². The van der Waals surface area contributed by atoms with Crippen molar-refractivity contribution in [1.29, 1.82) is 0 Å². The molecule has 3 rings (SSSR count). The first-order chi connectivity index (χ1) is 11.5. The highest BCUT2D eigenvalue weighted by Crippen LogP contribution is 2.31. The number of nitrogens with zero attached hydrogens (tertiary/aromatic N) is 2. The van der Waals surface area contributed by atoms with Crippen LogP contribution in [-0.2, 0) is 30.8 Å². The SMILES string of the molecule is CCCn1cc(CC(NCC)C(=O)O)c2cc3c(cc21)CN(C)C3. The maximum Gasteiger partial charge on any atom is 0.321 e. The molecule has 0 bridgehead atoms. The molecule has 2 aromatic rings. The quantitative estimate of drug-likeness (QED) is 0.820. The van der Waals surface area contributed by atoms with E-state index >= 15 is 0 Å². The number of likely N-dealkylation sites (N-methyl/N-ethyl adjacent to an activating group) is 1. The number of carboxylic acid groups (broad SMARTS) is 1. The van der Waals surface area contributed by atoms with Gasteiger partial charge in [-0.05, 0) is 48.8 Å². The molecule has 1 aromatic heterocycles. The molecule has 1 unspecified atom stereocenters. The van der Waals surface area contributed by atoms with Gasteiger partial charge in [0.05, 0.1) is 0 Å². The van der Waals surface area contributed by atoms with Crippen molar-refractivity contribution in [3.05, 3.63) is 35.0 Å². The molecule has 1 aromatic carbocycles. The van der Waals surface area contributed by atoms with Gasteiger partial charge in [-0.15, -0.1) is 0 Å². The van der Waals surface area contributed by atoms with Gasteiger partial charge in [-0.3, -0.25) is 9.69 Å². The van der Waals surface area contributed by atoms with E-state index in [0.29, 0.717) is 13.0 Å². The number of aryl methyl sites for hydroxylation is 1. The largest absolute Gasteiger partial charge is 0.480 e. The number of benzene rings is 1. The Labute approximate surface area is 143 Å². The third-order valence-corrected chi connectivity index (χ3v) is 4.80. The first kappa shape index (κ1) is 17.0. The van der Waals surface area contributed by atoms with E-state index in [-0.39, 0.29) is 0 Å². The van der Waals surface area contributed by atoms with Crippen molar-refractivity contribution in [3.63, 3.8) is 0 Å². The van der Waals surface area contributed by atoms with Crippen LogP contribution in [0.5, 0.6) is 0 Å². The molecule has 1 aliphatic heterocycles. The van der Waals surface area contributed by atoms with Crippen LogP contribution in [0.4, 0.5) is 0 Å². The Morgan fingerprint density at radius 2 is 2.00 bits per heavy atom. The molecule has 2 N–H and O–H groups in total. The van der Waals surface area contributed by atoms with Gasteiger partial charge in [0.2, 0.25) is 0 Å². The molecule has 130 valence electrons. The standard InChI is InChI=1S/C19H27N3O2/c1-4-6-22-12-15(8-17(19(23)24)20-5-2)16-7-13-10-21(3)11-14(13)9-18(16)22/h7,9,12,17,20H,4-6,8,10-11H2,1-3H3,(H,23,24). The molecule has 5 heteroatoms. The van der Waals surface area contributed by atoms with Crippen LogP contribution in [0.1, 0.15) is 37.0 Å². The molecular formula is C19H27N3O2. The summed E-state index contributed by atoms with van der Waals surface area (Å²) in [5.41, 5.74) is 5.13. The zero-order valence-electron chi connectivity index (χ0n) is 14.8. The maximum absolute atomic E-state index is 11.5. The fraction of sp³-hybridized carbons (Fsp3) is 0.526. The fourth-order valence-corrected chi connectivity index (χ4v) is 3.73. The van der Waals surface area contributed by atoms with Gasteiger partial charge in [-0.25, -0.2) is 0 Å². The first-order valence-electron chi connectivity index (χ1n) is 8.81. The van der Waals surface area contributed by atoms with E-state index < -0.39 is 12.0 Å². The van der Waals surface area contributed by atoms with Crippen molar-refractivity contribution < 1.29 is 9.90 Å². The molecule has 0 spiro atoms. The van der Waals surface area contributed by atoms with Gasteiger partial charge in [0.15, 0.2) is 0 Å². The summed E-state index contributed by atoms with van der Waals surface area (Å²) in [6, 6.07) is 4.04. The number of hydrogen-bond acceptors (Lipinski definition) is 3. The van der Waals surface area contributed by atoms with E-state index in [1.165, 1.54) is 22.0 Å². The Morgan fingerprint density at radius 1 is 1.29 bits per heavy atom. The summed E-state index contributed by atoms with van der Waals surface area (Å²) in [4.78, 5) is 13.8. The zero-order chi connectivity index (χ0) is 17.3. The smallest absolute Gasteiger partial charge is 0.321 e. The molecular weight excluding hydrogens is 302 g/mol. The lowest BCUT2D eigenvalue weighted by molar-refractivity contribution is -0.139. The lowest BCUT2D eigenvalue weighted by atomic mass is 10.0. The Kier molecular flexibility index (Phi) is 4.92. The lowest BCUT2D eigenvalue weighted by Gasteiger charge is -2.12. The molecule has 0 aliphatic carbocycles. The number of fused-ring (bicyclic) bond motifs is 2. The fourth-order valence-electron chi connectivity index (χ4n) is 3.73. The van der Waals surface area contributed by atoms with Gasteiger partial charge in [-0.1, -0.05) is 13.8 Å². The van der Waals surface area contributed by atoms with E-state index in [1.807, 2.05) is 6.92 Å². The summed E-state index contributed by atoms with van der Waals surface area (Å²) < 4.78 is 2.29. The minimum Gasteiger partial charge on any atom is -0.480 e. The molecule has 5 nitrogen and oxygen atoms in total. The number of rotatable bonds is 7. The second-order valence-electron chi connectivity index (χ2n) is 6.81. The molecule has 2 heterocycles. The van der Waals surface area contributed by atoms with Crippen molar-refractivity contribution in [2.75, 3.05) is 13.6 Å². The molecule has 1 aliphatic rings. The number of aliphatic carboxylic acids is 1. The average molecular weight is 329 g/mol. The van der Waals surface area contributed by atoms with Crippen LogP contribution in [0.2, 0.25) is 0 Å². The third-order valence-electron chi connectivity index (χ3n) is 4.80. The first-order valence-corrected chi connectivity index (χ1v) is 8.81. The highest BCUT2D eigenvalue weighted by molar-refractivity contribution is 5.87. The Morgan fingerprint density at radius 3 is 2.62 bits per heavy atom. The summed E-state index contributed by atoms with van der Waals surface area (Å²) in [6.07, 6.45) is 3.74. The minimum atomic E-state index is -0.783. The van der Waals surface area contributed by atoms with E-state index in [9.17, 15) is 9.90 Å². The van der Waals surface area contributed by atoms with Crippen LogP contribution >= 0.6 is 0 Å². The Bertz CT molecular complexity index is 751. The molecule has 0 radical (unpaired) electrons. The molecule has 24 heavy (non-hydrogen) atoms. The Hall–Kier alpha value is -1.85. The molecule has 0 amide bonds. The Balaban J connectivity index is 2.04. The number of hydrogen-bond donors (Lipinski definition) is 2. The summed E-state index contributed by atoms with van der Waals surface area (Å²) >= 11 is 0. The second kappa shape index (κ2) is 6.95. The van der Waals surface area contributed by atoms with Crippen LogP contribution < -0.4 is 5.32 Å². The second-order valence-corrected chi connectivity index (χ2v) is 6.81. The average Bonchev–Trinajstić information content (AvgIpc) is 3.04. The lowest BCUT2D eigenvalue weighted by Crippen LogP contribution is -2.38. The van der Waals surface area contributed by atoms with Gasteiger partial charge >= 0.3 is 5.97 Å². The summed E-state index contributed by atoms with van der Waals surface area (Å²) in [5, 5.41) is 13.8. The molecule has 1 atom stereocenters. The van der Waals surface area contributed by atoms with Crippen molar-refractivity contribution >= 4 is 16.9 Å². The van der Waals surface area contributed by atoms with Crippen LogP contribution in [-0.4, -0.2) is 40.2 Å². The number of carboxylic acids is 1. The highest BCUT2D eigenvalue weighted by Gasteiger charge is 2.22. The van der Waals surface area contributed by atoms with Crippen LogP contribution in [0.3, 0.4) is 0 Å². The van der Waals surface area contributed by atoms with Crippen molar-refractivity contribution in [3.8, 4) is 0 Å². The van der Waals surface area contributed by atoms with Crippen LogP contribution in [0.15, 0.2) is 18.3 Å². The molecule has 0 saturated heterocycles. The third kappa shape index (κ3) is 3.19. The predicted molar refractivity (Wildman–Crippen MR) is 96.2 cm³/mol. The highest BCUT2D eigenvalue weighted by atomic mass is 16.4. The number of carbonyl (C=O) groups is 1. The minimum absolute atomic E-state index is 0.519. The monoisotopic (exact) mass is 329 g/mol. The van der Waals surface area contributed by atoms with E-state index in [1.54, 1.807) is 0 Å². The van der Waals surface area contributed by atoms with E-state index in [0.717, 1.165) is 31.6 Å². The summed E-state index contributed by atoms with van der Waals surface area (Å²) in [6.45, 7) is 7.70. The van der Waals surface area contributed by atoms with Crippen LogP contribution in [0.25, 0.3) is 10.9 Å². The molecule has 0 saturated carbocycles. The summed E-state index contributed by atoms with van der Waals surface area (Å²) in [7, 11) is 2.14. The summed E-state index contributed by atoms with van der Waals surface area (Å²) in [5.74, 6) is -0.783. The van der Waals surface area contributed by atoms with Gasteiger partial charge in [0.25, 0.3) is 0 Å². The maximum atomic E-state index is 11.5. The molecule has 0 fully saturated rings. The van der Waals surface area contributed by atoms with Gasteiger partial charge < -0.3 is 15.0 Å². The number of aromatic nitrogens is 1. The van der Waals surface area contributed by atoms with Crippen LogP contribution in [0, 0.1) is 0 Å². The normalized spacial score (nSPS) is 15.8. The van der Waals surface area contributed by atoms with E-state index in [2.05, 4.69) is 47.1 Å². The van der Waals surface area contributed by atoms with E-state index in [4.69, 9.17) is 0 Å². The van der Waals surface area contributed by atoms with Crippen molar-refractivity contribution in [2.24, 2.45) is 0 Å².